The zero-order valence-electron chi connectivity index (χ0n) is 37.5. The SMILES string of the molecule is C=C1CO[C@@H]2[C@@H](C)C(=NC(C)=O)[C@H](C)C[C@@](C)(OC1)[C@H](O[C@@H]1O[C@H](C)C[C@H](N(C)C)[C@H]1O)[C@@H](C)[C@H](OC/C=C/c1cnc3ccccc3c1)[C@@H](C)C(=O)O[C@H](CC)[C@@]2(C)O. The summed E-state index contributed by atoms with van der Waals surface area (Å²) in [7, 11) is 3.84. The van der Waals surface area contributed by atoms with Crippen LogP contribution in [0.25, 0.3) is 17.0 Å². The Bertz CT molecular complexity index is 1860. The summed E-state index contributed by atoms with van der Waals surface area (Å²) in [6.07, 6.45) is 0.755. The predicted molar refractivity (Wildman–Crippen MR) is 231 cm³/mol. The highest BCUT2D eigenvalue weighted by atomic mass is 16.7. The van der Waals surface area contributed by atoms with E-state index in [9.17, 15) is 19.8 Å². The van der Waals surface area contributed by atoms with Gasteiger partial charge in [-0.05, 0) is 90.2 Å². The van der Waals surface area contributed by atoms with Gasteiger partial charge < -0.3 is 43.5 Å². The van der Waals surface area contributed by atoms with Crippen molar-refractivity contribution in [3.05, 3.63) is 60.3 Å². The molecule has 3 aliphatic heterocycles. The van der Waals surface area contributed by atoms with Crippen molar-refractivity contribution in [1.29, 1.82) is 0 Å². The van der Waals surface area contributed by atoms with E-state index < -0.39 is 83.6 Å². The number of cyclic esters (lactones) is 1. The topological polar surface area (TPSA) is 158 Å². The van der Waals surface area contributed by atoms with Gasteiger partial charge in [0, 0.05) is 42.1 Å². The fraction of sp³-hybridized carbons (Fsp3) is 0.660. The summed E-state index contributed by atoms with van der Waals surface area (Å²) < 4.78 is 39.9. The molecule has 1 aromatic heterocycles. The summed E-state index contributed by atoms with van der Waals surface area (Å²) in [6, 6.07) is 9.69. The number of pyridine rings is 1. The van der Waals surface area contributed by atoms with E-state index in [1.54, 1.807) is 20.0 Å². The third-order valence-electron chi connectivity index (χ3n) is 12.7. The standard InChI is InChI=1S/C47H69N3O10/c1-13-38-47(10,54)43-30(5)39(49-33(8)51)28(3)23-46(9,57-26-27(2)25-56-43)42(60-45-40(52)37(50(11)12)21-29(4)58-45)31(6)41(32(7)44(53)59-38)55-20-16-17-34-22-35-18-14-15-19-36(35)48-24-34/h14-19,22,24,28-32,37-38,40-43,45,52,54H,2,13,20-21,23,25-26H2,1,3-12H3/b17-16+,49-39?/t28-,29-,30+,31+,32-,37+,38-,40-,41+,42-,43-,45+,46-,47-/m1/s1. The number of aromatic nitrogens is 1. The van der Waals surface area contributed by atoms with E-state index in [0.29, 0.717) is 17.7 Å². The molecular formula is C47H69N3O10. The Morgan fingerprint density at radius 3 is 2.52 bits per heavy atom. The van der Waals surface area contributed by atoms with Crippen molar-refractivity contribution in [2.45, 2.75) is 142 Å². The van der Waals surface area contributed by atoms with Gasteiger partial charge in [0.15, 0.2) is 6.29 Å². The molecule has 13 nitrogen and oxygen atoms in total. The lowest BCUT2D eigenvalue weighted by Gasteiger charge is -2.49. The van der Waals surface area contributed by atoms with Crippen LogP contribution in [0.4, 0.5) is 0 Å². The van der Waals surface area contributed by atoms with E-state index >= 15 is 0 Å². The predicted octanol–water partition coefficient (Wildman–Crippen LogP) is 6.18. The molecule has 60 heavy (non-hydrogen) atoms. The van der Waals surface area contributed by atoms with Gasteiger partial charge in [-0.1, -0.05) is 64.6 Å². The lowest BCUT2D eigenvalue weighted by Crippen LogP contribution is -2.60. The average molecular weight is 836 g/mol. The zero-order chi connectivity index (χ0) is 44.1. The van der Waals surface area contributed by atoms with Crippen LogP contribution < -0.4 is 0 Å². The molecule has 14 atom stereocenters. The first kappa shape index (κ1) is 47.6. The molecule has 2 N–H and O–H groups in total. The molecule has 5 rings (SSSR count). The number of amides is 1. The molecule has 332 valence electrons. The molecule has 1 amide bonds. The Hall–Kier alpha value is -3.40. The first-order valence-corrected chi connectivity index (χ1v) is 21.5. The highest BCUT2D eigenvalue weighted by molar-refractivity contribution is 5.97. The van der Waals surface area contributed by atoms with Crippen LogP contribution in [0, 0.1) is 23.7 Å². The monoisotopic (exact) mass is 835 g/mol. The Kier molecular flexibility index (Phi) is 16.0. The van der Waals surface area contributed by atoms with Crippen molar-refractivity contribution in [3.8, 4) is 0 Å². The van der Waals surface area contributed by atoms with Crippen molar-refractivity contribution in [3.63, 3.8) is 0 Å². The first-order valence-electron chi connectivity index (χ1n) is 21.5. The number of rotatable bonds is 8. The molecule has 0 unspecified atom stereocenters. The summed E-state index contributed by atoms with van der Waals surface area (Å²) in [5, 5.41) is 25.3. The third kappa shape index (κ3) is 11.0. The maximum Gasteiger partial charge on any atom is 0.311 e. The summed E-state index contributed by atoms with van der Waals surface area (Å²) >= 11 is 0. The van der Waals surface area contributed by atoms with Gasteiger partial charge in [0.1, 0.15) is 17.8 Å². The lowest BCUT2D eigenvalue weighted by atomic mass is 9.73. The van der Waals surface area contributed by atoms with Crippen LogP contribution >= 0.6 is 0 Å². The maximum absolute atomic E-state index is 14.5. The number of aliphatic hydroxyl groups is 2. The number of aliphatic imine (C=N–C) groups is 1. The van der Waals surface area contributed by atoms with Gasteiger partial charge in [-0.3, -0.25) is 14.6 Å². The van der Waals surface area contributed by atoms with Crippen molar-refractivity contribution >= 4 is 34.6 Å². The number of carbonyl (C=O) groups excluding carboxylic acids is 2. The molecule has 2 aromatic rings. The molecule has 13 heteroatoms. The van der Waals surface area contributed by atoms with Crippen molar-refractivity contribution < 1.29 is 48.2 Å². The number of aliphatic hydroxyl groups excluding tert-OH is 1. The maximum atomic E-state index is 14.5. The average Bonchev–Trinajstić information content (AvgIpc) is 3.20. The Morgan fingerprint density at radius 2 is 1.83 bits per heavy atom. The summed E-state index contributed by atoms with van der Waals surface area (Å²) in [4.78, 5) is 38.4. The third-order valence-corrected chi connectivity index (χ3v) is 12.7. The lowest BCUT2D eigenvalue weighted by molar-refractivity contribution is -0.303. The Labute approximate surface area is 356 Å². The van der Waals surface area contributed by atoms with Crippen LogP contribution in [0.5, 0.6) is 0 Å². The smallest absolute Gasteiger partial charge is 0.311 e. The number of likely N-dealkylation sites (N-methyl/N-ethyl adjacent to an activating group) is 1. The number of hydrogen-bond acceptors (Lipinski definition) is 12. The van der Waals surface area contributed by atoms with E-state index in [0.717, 1.165) is 16.5 Å². The summed E-state index contributed by atoms with van der Waals surface area (Å²) in [5.74, 6) is -3.47. The van der Waals surface area contributed by atoms with Crippen molar-refractivity contribution in [2.75, 3.05) is 33.9 Å². The number of esters is 1. The number of para-hydroxylation sites is 1. The molecule has 2 bridgehead atoms. The van der Waals surface area contributed by atoms with Gasteiger partial charge in [0.25, 0.3) is 0 Å². The summed E-state index contributed by atoms with van der Waals surface area (Å²) in [6.45, 7) is 20.8. The fourth-order valence-corrected chi connectivity index (χ4v) is 9.56. The minimum absolute atomic E-state index is 0.0160. The quantitative estimate of drug-likeness (QED) is 0.230. The Morgan fingerprint density at radius 1 is 1.12 bits per heavy atom. The molecule has 0 saturated carbocycles. The van der Waals surface area contributed by atoms with E-state index in [1.165, 1.54) is 6.92 Å². The number of fused-ring (bicyclic) bond motifs is 6. The minimum Gasteiger partial charge on any atom is -0.459 e. The summed E-state index contributed by atoms with van der Waals surface area (Å²) in [5.41, 5.74) is -0.0182. The van der Waals surface area contributed by atoms with Crippen LogP contribution in [-0.2, 0) is 38.0 Å². The van der Waals surface area contributed by atoms with Crippen LogP contribution in [0.1, 0.15) is 87.1 Å². The fourth-order valence-electron chi connectivity index (χ4n) is 9.56. The largest absolute Gasteiger partial charge is 0.459 e. The minimum atomic E-state index is -1.72. The molecule has 0 spiro atoms. The molecule has 3 aliphatic rings. The van der Waals surface area contributed by atoms with Gasteiger partial charge >= 0.3 is 5.97 Å². The first-order chi connectivity index (χ1) is 28.3. The highest BCUT2D eigenvalue weighted by Gasteiger charge is 2.53. The van der Waals surface area contributed by atoms with Crippen molar-refractivity contribution in [1.82, 2.24) is 9.88 Å². The van der Waals surface area contributed by atoms with E-state index in [-0.39, 0.29) is 44.8 Å². The van der Waals surface area contributed by atoms with E-state index in [4.69, 9.17) is 28.4 Å². The highest BCUT2D eigenvalue weighted by Crippen LogP contribution is 2.42. The molecule has 0 aliphatic carbocycles. The van der Waals surface area contributed by atoms with Gasteiger partial charge in [-0.15, -0.1) is 0 Å². The van der Waals surface area contributed by atoms with Crippen LogP contribution in [0.2, 0.25) is 0 Å². The second kappa shape index (κ2) is 20.2. The van der Waals surface area contributed by atoms with Crippen LogP contribution in [-0.4, -0.2) is 132 Å². The normalized spacial score (nSPS) is 38.4. The molecule has 3 fully saturated rings. The number of hydrogen-bond donors (Lipinski definition) is 2. The molecule has 1 aromatic carbocycles. The van der Waals surface area contributed by atoms with Gasteiger partial charge in [0.05, 0.1) is 61.3 Å². The van der Waals surface area contributed by atoms with Crippen molar-refractivity contribution in [2.24, 2.45) is 28.7 Å². The molecule has 3 saturated heterocycles. The van der Waals surface area contributed by atoms with Crippen LogP contribution in [0.3, 0.4) is 0 Å². The second-order valence-electron chi connectivity index (χ2n) is 18.0. The van der Waals surface area contributed by atoms with E-state index in [1.807, 2.05) is 103 Å². The van der Waals surface area contributed by atoms with Crippen LogP contribution in [0.15, 0.2) is 59.7 Å². The van der Waals surface area contributed by atoms with Gasteiger partial charge in [0.2, 0.25) is 5.91 Å². The molecule has 4 heterocycles. The number of carbonyl (C=O) groups is 2. The van der Waals surface area contributed by atoms with Gasteiger partial charge in [-0.2, -0.15) is 0 Å². The molecule has 0 radical (unpaired) electrons. The number of nitrogens with zero attached hydrogens (tertiary/aromatic N) is 3. The zero-order valence-corrected chi connectivity index (χ0v) is 37.5. The van der Waals surface area contributed by atoms with Gasteiger partial charge in [-0.25, -0.2) is 4.99 Å². The Balaban J connectivity index is 1.66. The number of benzene rings is 1. The second-order valence-corrected chi connectivity index (χ2v) is 18.0. The van der Waals surface area contributed by atoms with E-state index in [2.05, 4.69) is 16.6 Å². The number of ether oxygens (including phenoxy) is 6. The molecular weight excluding hydrogens is 767 g/mol.